The molecule has 1 aromatic carbocycles. The number of nitrogens with one attached hydrogen (secondary N) is 2. The van der Waals surface area contributed by atoms with E-state index in [9.17, 15) is 17.2 Å². The number of hydrogen-bond donors (Lipinski definition) is 3. The molecule has 0 bridgehead atoms. The molecular weight excluding hydrogens is 264 g/mol. The molecule has 8 heteroatoms. The van der Waals surface area contributed by atoms with Crippen molar-refractivity contribution in [1.82, 2.24) is 4.72 Å². The van der Waals surface area contributed by atoms with Crippen molar-refractivity contribution in [3.8, 4) is 0 Å². The molecule has 1 rings (SSSR count). The predicted molar refractivity (Wildman–Crippen MR) is 66.7 cm³/mol. The van der Waals surface area contributed by atoms with Gasteiger partial charge >= 0.3 is 0 Å². The Balaban J connectivity index is 2.65. The summed E-state index contributed by atoms with van der Waals surface area (Å²) in [5.74, 6) is -1.87. The highest BCUT2D eigenvalue weighted by Gasteiger charge is 2.10. The number of hydrogen-bond acceptors (Lipinski definition) is 4. The molecule has 0 atom stereocenters. The molecule has 0 aliphatic rings. The van der Waals surface area contributed by atoms with Gasteiger partial charge in [-0.05, 0) is 6.07 Å². The number of anilines is 2. The minimum absolute atomic E-state index is 0.00241. The van der Waals surface area contributed by atoms with Gasteiger partial charge in [-0.25, -0.2) is 21.9 Å². The summed E-state index contributed by atoms with van der Waals surface area (Å²) in [6.07, 6.45) is 0. The van der Waals surface area contributed by atoms with E-state index in [1.54, 1.807) is 6.92 Å². The molecule has 0 aromatic heterocycles. The Hall–Kier alpha value is -1.41. The number of halogens is 2. The van der Waals surface area contributed by atoms with E-state index in [-0.39, 0.29) is 23.7 Å². The van der Waals surface area contributed by atoms with Gasteiger partial charge in [-0.3, -0.25) is 0 Å². The van der Waals surface area contributed by atoms with Crippen molar-refractivity contribution < 1.29 is 17.2 Å². The van der Waals surface area contributed by atoms with Gasteiger partial charge in [-0.15, -0.1) is 0 Å². The zero-order valence-electron chi connectivity index (χ0n) is 9.83. The van der Waals surface area contributed by atoms with Gasteiger partial charge in [0.05, 0.1) is 17.1 Å². The standard InChI is InChI=1S/C10H15F2N3O2S/c1-2-15-18(16,17)4-3-14-9-6-7(11)5-8(12)10(9)13/h5-6,14-15H,2-4,13H2,1H3. The van der Waals surface area contributed by atoms with Crippen LogP contribution in [0.25, 0.3) is 0 Å². The van der Waals surface area contributed by atoms with E-state index >= 15 is 0 Å². The Bertz CT molecular complexity index is 520. The molecule has 4 N–H and O–H groups in total. The lowest BCUT2D eigenvalue weighted by Gasteiger charge is -2.10. The maximum atomic E-state index is 13.1. The van der Waals surface area contributed by atoms with Crippen LogP contribution in [0.5, 0.6) is 0 Å². The molecule has 102 valence electrons. The monoisotopic (exact) mass is 279 g/mol. The van der Waals surface area contributed by atoms with Gasteiger partial charge in [-0.1, -0.05) is 6.92 Å². The second-order valence-electron chi connectivity index (χ2n) is 3.59. The number of nitrogen functional groups attached to an aromatic ring is 1. The topological polar surface area (TPSA) is 84.2 Å². The van der Waals surface area contributed by atoms with Crippen LogP contribution < -0.4 is 15.8 Å². The molecule has 0 spiro atoms. The molecular formula is C10H15F2N3O2S. The zero-order chi connectivity index (χ0) is 13.8. The lowest BCUT2D eigenvalue weighted by Crippen LogP contribution is -2.29. The molecule has 0 saturated heterocycles. The van der Waals surface area contributed by atoms with Crippen molar-refractivity contribution in [2.75, 3.05) is 29.9 Å². The normalized spacial score (nSPS) is 11.5. The Kier molecular flexibility index (Phi) is 4.85. The Morgan fingerprint density at radius 1 is 1.33 bits per heavy atom. The summed E-state index contributed by atoms with van der Waals surface area (Å²) in [5, 5.41) is 2.58. The molecule has 1 aromatic rings. The molecule has 5 nitrogen and oxygen atoms in total. The lowest BCUT2D eigenvalue weighted by molar-refractivity contribution is 0.584. The second-order valence-corrected chi connectivity index (χ2v) is 5.52. The first-order valence-electron chi connectivity index (χ1n) is 5.31. The van der Waals surface area contributed by atoms with Gasteiger partial charge in [0.1, 0.15) is 5.82 Å². The van der Waals surface area contributed by atoms with Crippen LogP contribution >= 0.6 is 0 Å². The van der Waals surface area contributed by atoms with Crippen LogP contribution in [0.1, 0.15) is 6.92 Å². The van der Waals surface area contributed by atoms with Gasteiger partial charge in [0, 0.05) is 19.2 Å². The van der Waals surface area contributed by atoms with E-state index in [1.165, 1.54) is 0 Å². The van der Waals surface area contributed by atoms with Gasteiger partial charge < -0.3 is 11.1 Å². The molecule has 0 aliphatic heterocycles. The second kappa shape index (κ2) is 5.96. The highest BCUT2D eigenvalue weighted by Crippen LogP contribution is 2.22. The van der Waals surface area contributed by atoms with Gasteiger partial charge in [-0.2, -0.15) is 0 Å². The van der Waals surface area contributed by atoms with Gasteiger partial charge in [0.2, 0.25) is 10.0 Å². The highest BCUT2D eigenvalue weighted by atomic mass is 32.2. The number of benzene rings is 1. The number of nitrogens with two attached hydrogens (primary N) is 1. The van der Waals surface area contributed by atoms with Gasteiger partial charge in [0.25, 0.3) is 0 Å². The van der Waals surface area contributed by atoms with Crippen LogP contribution in [-0.2, 0) is 10.0 Å². The van der Waals surface area contributed by atoms with Crippen LogP contribution in [0.15, 0.2) is 12.1 Å². The van der Waals surface area contributed by atoms with Crippen molar-refractivity contribution in [3.63, 3.8) is 0 Å². The van der Waals surface area contributed by atoms with Crippen LogP contribution in [0.3, 0.4) is 0 Å². The third-order valence-electron chi connectivity index (χ3n) is 2.14. The summed E-state index contributed by atoms with van der Waals surface area (Å²) in [6.45, 7) is 1.95. The smallest absolute Gasteiger partial charge is 0.213 e. The number of rotatable bonds is 6. The molecule has 0 unspecified atom stereocenters. The third-order valence-corrected chi connectivity index (χ3v) is 3.61. The summed E-state index contributed by atoms with van der Waals surface area (Å²) in [6, 6.07) is 1.67. The minimum atomic E-state index is -3.38. The third kappa shape index (κ3) is 4.11. The van der Waals surface area contributed by atoms with E-state index in [0.717, 1.165) is 6.07 Å². The predicted octanol–water partition coefficient (Wildman–Crippen LogP) is 0.898. The van der Waals surface area contributed by atoms with Crippen molar-refractivity contribution in [2.24, 2.45) is 0 Å². The first-order chi connectivity index (χ1) is 8.35. The van der Waals surface area contributed by atoms with Crippen LogP contribution in [0.4, 0.5) is 20.2 Å². The molecule has 0 heterocycles. The Morgan fingerprint density at radius 3 is 2.61 bits per heavy atom. The maximum Gasteiger partial charge on any atom is 0.213 e. The van der Waals surface area contributed by atoms with E-state index in [2.05, 4.69) is 10.0 Å². The minimum Gasteiger partial charge on any atom is -0.395 e. The van der Waals surface area contributed by atoms with E-state index in [0.29, 0.717) is 12.6 Å². The molecule has 0 radical (unpaired) electrons. The fourth-order valence-electron chi connectivity index (χ4n) is 1.34. The first kappa shape index (κ1) is 14.7. The summed E-state index contributed by atoms with van der Waals surface area (Å²) in [5.41, 5.74) is 5.19. The summed E-state index contributed by atoms with van der Waals surface area (Å²) >= 11 is 0. The van der Waals surface area contributed by atoms with Crippen molar-refractivity contribution in [1.29, 1.82) is 0 Å². The molecule has 0 amide bonds. The average Bonchev–Trinajstić information content (AvgIpc) is 2.24. The van der Waals surface area contributed by atoms with Gasteiger partial charge in [0.15, 0.2) is 5.82 Å². The number of sulfonamides is 1. The van der Waals surface area contributed by atoms with Crippen LogP contribution in [0, 0.1) is 11.6 Å². The zero-order valence-corrected chi connectivity index (χ0v) is 10.7. The molecule has 0 fully saturated rings. The van der Waals surface area contributed by atoms with Crippen molar-refractivity contribution >= 4 is 21.4 Å². The summed E-state index contributed by atoms with van der Waals surface area (Å²) < 4.78 is 50.9. The molecule has 0 aliphatic carbocycles. The first-order valence-corrected chi connectivity index (χ1v) is 6.96. The van der Waals surface area contributed by atoms with Crippen molar-refractivity contribution in [3.05, 3.63) is 23.8 Å². The maximum absolute atomic E-state index is 13.1. The Labute approximate surface area is 104 Å². The Morgan fingerprint density at radius 2 is 2.00 bits per heavy atom. The lowest BCUT2D eigenvalue weighted by atomic mass is 10.2. The fourth-order valence-corrected chi connectivity index (χ4v) is 2.30. The van der Waals surface area contributed by atoms with E-state index in [1.807, 2.05) is 0 Å². The van der Waals surface area contributed by atoms with E-state index < -0.39 is 21.7 Å². The molecule has 18 heavy (non-hydrogen) atoms. The largest absolute Gasteiger partial charge is 0.395 e. The van der Waals surface area contributed by atoms with Crippen LogP contribution in [-0.4, -0.2) is 27.3 Å². The van der Waals surface area contributed by atoms with Crippen LogP contribution in [0.2, 0.25) is 0 Å². The summed E-state index contributed by atoms with van der Waals surface area (Å²) in [7, 11) is -3.38. The average molecular weight is 279 g/mol. The highest BCUT2D eigenvalue weighted by molar-refractivity contribution is 7.89. The fraction of sp³-hybridized carbons (Fsp3) is 0.400. The SMILES string of the molecule is CCNS(=O)(=O)CCNc1cc(F)cc(F)c1N. The van der Waals surface area contributed by atoms with E-state index in [4.69, 9.17) is 5.73 Å². The molecule has 0 saturated carbocycles. The summed E-state index contributed by atoms with van der Waals surface area (Å²) in [4.78, 5) is 0. The quantitative estimate of drug-likeness (QED) is 0.675. The van der Waals surface area contributed by atoms with Crippen molar-refractivity contribution in [2.45, 2.75) is 6.92 Å².